The molecule has 1 aromatic rings. The Morgan fingerprint density at radius 3 is 2.28 bits per heavy atom. The first-order valence-electron chi connectivity index (χ1n) is 8.61. The first-order chi connectivity index (χ1) is 11.8. The molecule has 4 nitrogen and oxygen atoms in total. The number of hydrogen-bond donors (Lipinski definition) is 1. The number of hydrogen-bond acceptors (Lipinski definition) is 3. The molecule has 1 aromatic carbocycles. The van der Waals surface area contributed by atoms with Gasteiger partial charge in [-0.15, -0.1) is 0 Å². The van der Waals surface area contributed by atoms with E-state index in [1.54, 1.807) is 0 Å². The normalized spacial score (nSPS) is 29.7. The van der Waals surface area contributed by atoms with Crippen LogP contribution in [0.5, 0.6) is 0 Å². The van der Waals surface area contributed by atoms with Crippen LogP contribution in [0, 0.1) is 11.6 Å². The molecule has 0 unspecified atom stereocenters. The second-order valence-corrected chi connectivity index (χ2v) is 9.28. The van der Waals surface area contributed by atoms with Gasteiger partial charge in [-0.2, -0.15) is 0 Å². The molecule has 1 heterocycles. The van der Waals surface area contributed by atoms with E-state index in [1.807, 2.05) is 0 Å². The minimum absolute atomic E-state index is 0.0637. The van der Waals surface area contributed by atoms with Gasteiger partial charge in [0.05, 0.1) is 0 Å². The van der Waals surface area contributed by atoms with Crippen LogP contribution in [0.1, 0.15) is 44.1 Å². The van der Waals surface area contributed by atoms with Crippen LogP contribution in [0.15, 0.2) is 18.2 Å². The third-order valence-corrected chi connectivity index (χ3v) is 8.14. The fraction of sp³-hybridized carbons (Fsp3) is 0.647. The number of rotatable bonds is 3. The van der Waals surface area contributed by atoms with Crippen LogP contribution in [-0.4, -0.2) is 38.0 Å². The molecule has 0 bridgehead atoms. The first-order valence-corrected chi connectivity index (χ1v) is 10.1. The average Bonchev–Trinajstić information content (AvgIpc) is 2.58. The summed E-state index contributed by atoms with van der Waals surface area (Å²) in [7, 11) is -3.98. The summed E-state index contributed by atoms with van der Waals surface area (Å²) in [4.78, 5) is 0. The number of sulfonamides is 1. The van der Waals surface area contributed by atoms with E-state index >= 15 is 0 Å². The van der Waals surface area contributed by atoms with E-state index in [0.29, 0.717) is 12.8 Å². The van der Waals surface area contributed by atoms with E-state index < -0.39 is 32.6 Å². The Morgan fingerprint density at radius 1 is 1.08 bits per heavy atom. The standard InChI is InChI=1S/C17H23F3N2O2S/c18-12-5-9-22(10-6-12)25(23,24)17(7-3-14(21)4-8-17)15-11-13(19)1-2-16(15)20/h1-2,11-12,14H,3-10,21H2/t14-,17+. The van der Waals surface area contributed by atoms with E-state index in [0.717, 1.165) is 18.2 Å². The summed E-state index contributed by atoms with van der Waals surface area (Å²) in [5.41, 5.74) is 5.78. The van der Waals surface area contributed by atoms with Gasteiger partial charge in [0.1, 0.15) is 22.6 Å². The number of nitrogens with two attached hydrogens (primary N) is 1. The van der Waals surface area contributed by atoms with Crippen molar-refractivity contribution in [3.05, 3.63) is 35.4 Å². The summed E-state index contributed by atoms with van der Waals surface area (Å²) in [6.07, 6.45) is 0.316. The van der Waals surface area contributed by atoms with Crippen LogP contribution in [-0.2, 0) is 14.8 Å². The van der Waals surface area contributed by atoms with Crippen molar-refractivity contribution in [2.75, 3.05) is 13.1 Å². The van der Waals surface area contributed by atoms with Crippen molar-refractivity contribution in [1.29, 1.82) is 0 Å². The van der Waals surface area contributed by atoms with Crippen LogP contribution in [0.2, 0.25) is 0 Å². The van der Waals surface area contributed by atoms with Gasteiger partial charge in [-0.1, -0.05) is 0 Å². The van der Waals surface area contributed by atoms with Crippen molar-refractivity contribution in [2.45, 2.75) is 55.5 Å². The number of nitrogens with zero attached hydrogens (tertiary/aromatic N) is 1. The predicted octanol–water partition coefficient (Wildman–Crippen LogP) is 2.83. The minimum atomic E-state index is -3.98. The van der Waals surface area contributed by atoms with Crippen LogP contribution in [0.3, 0.4) is 0 Å². The number of benzene rings is 1. The molecule has 1 saturated carbocycles. The van der Waals surface area contributed by atoms with Crippen molar-refractivity contribution in [1.82, 2.24) is 4.31 Å². The molecule has 1 saturated heterocycles. The second-order valence-electron chi connectivity index (χ2n) is 7.03. The van der Waals surface area contributed by atoms with Gasteiger partial charge in [-0.25, -0.2) is 25.9 Å². The second kappa shape index (κ2) is 6.89. The highest BCUT2D eigenvalue weighted by Crippen LogP contribution is 2.46. The lowest BCUT2D eigenvalue weighted by molar-refractivity contribution is 0.203. The van der Waals surface area contributed by atoms with Crippen molar-refractivity contribution in [3.8, 4) is 0 Å². The van der Waals surface area contributed by atoms with Crippen molar-refractivity contribution in [3.63, 3.8) is 0 Å². The van der Waals surface area contributed by atoms with Gasteiger partial charge in [-0.05, 0) is 56.7 Å². The molecule has 3 rings (SSSR count). The summed E-state index contributed by atoms with van der Waals surface area (Å²) in [5, 5.41) is 0. The number of halogens is 3. The Labute approximate surface area is 146 Å². The Morgan fingerprint density at radius 2 is 1.68 bits per heavy atom. The van der Waals surface area contributed by atoms with Crippen molar-refractivity contribution >= 4 is 10.0 Å². The van der Waals surface area contributed by atoms with Crippen LogP contribution in [0.4, 0.5) is 13.2 Å². The summed E-state index contributed by atoms with van der Waals surface area (Å²) < 4.78 is 68.2. The minimum Gasteiger partial charge on any atom is -0.328 e. The number of alkyl halides is 1. The molecular weight excluding hydrogens is 353 g/mol. The lowest BCUT2D eigenvalue weighted by atomic mass is 9.81. The molecule has 25 heavy (non-hydrogen) atoms. The molecule has 140 valence electrons. The average molecular weight is 376 g/mol. The summed E-state index contributed by atoms with van der Waals surface area (Å²) in [6, 6.07) is 2.76. The van der Waals surface area contributed by atoms with Crippen molar-refractivity contribution < 1.29 is 21.6 Å². The van der Waals surface area contributed by atoms with Crippen LogP contribution < -0.4 is 5.73 Å². The van der Waals surface area contributed by atoms with E-state index in [9.17, 15) is 21.6 Å². The van der Waals surface area contributed by atoms with Crippen molar-refractivity contribution in [2.24, 2.45) is 5.73 Å². The molecule has 0 radical (unpaired) electrons. The molecule has 1 aliphatic carbocycles. The SMILES string of the molecule is N[C@H]1CC[C@@](c2cc(F)ccc2F)(S(=O)(=O)N2CCC(F)CC2)CC1. The smallest absolute Gasteiger partial charge is 0.224 e. The quantitative estimate of drug-likeness (QED) is 0.882. The molecular formula is C17H23F3N2O2S. The third-order valence-electron chi connectivity index (χ3n) is 5.47. The van der Waals surface area contributed by atoms with E-state index in [4.69, 9.17) is 5.73 Å². The maximum Gasteiger partial charge on any atom is 0.224 e. The Hall–Kier alpha value is -1.12. The molecule has 2 fully saturated rings. The first kappa shape index (κ1) is 18.7. The Bertz CT molecular complexity index is 725. The lowest BCUT2D eigenvalue weighted by Crippen LogP contribution is -2.52. The highest BCUT2D eigenvalue weighted by molar-refractivity contribution is 7.90. The van der Waals surface area contributed by atoms with E-state index in [2.05, 4.69) is 0 Å². The van der Waals surface area contributed by atoms with Gasteiger partial charge in [-0.3, -0.25) is 0 Å². The van der Waals surface area contributed by atoms with E-state index in [-0.39, 0.29) is 50.4 Å². The summed E-state index contributed by atoms with van der Waals surface area (Å²) in [5.74, 6) is -1.41. The number of piperidine rings is 1. The summed E-state index contributed by atoms with van der Waals surface area (Å²) in [6.45, 7) is 0.127. The topological polar surface area (TPSA) is 63.4 Å². The van der Waals surface area contributed by atoms with Gasteiger partial charge in [0.2, 0.25) is 10.0 Å². The molecule has 1 aliphatic heterocycles. The molecule has 2 aliphatic rings. The fourth-order valence-electron chi connectivity index (χ4n) is 3.93. The third kappa shape index (κ3) is 3.31. The lowest BCUT2D eigenvalue weighted by Gasteiger charge is -2.43. The monoisotopic (exact) mass is 376 g/mol. The van der Waals surface area contributed by atoms with Gasteiger partial charge in [0.25, 0.3) is 0 Å². The fourth-order valence-corrected chi connectivity index (χ4v) is 6.30. The maximum absolute atomic E-state index is 14.5. The largest absolute Gasteiger partial charge is 0.328 e. The van der Waals surface area contributed by atoms with E-state index in [1.165, 1.54) is 4.31 Å². The maximum atomic E-state index is 14.5. The molecule has 0 aromatic heterocycles. The molecule has 0 atom stereocenters. The molecule has 0 amide bonds. The highest BCUT2D eigenvalue weighted by atomic mass is 32.2. The molecule has 2 N–H and O–H groups in total. The van der Waals surface area contributed by atoms with Crippen LogP contribution >= 0.6 is 0 Å². The highest BCUT2D eigenvalue weighted by Gasteiger charge is 2.52. The molecule has 8 heteroatoms. The van der Waals surface area contributed by atoms with Gasteiger partial charge in [0.15, 0.2) is 0 Å². The zero-order valence-corrected chi connectivity index (χ0v) is 14.7. The van der Waals surface area contributed by atoms with Gasteiger partial charge < -0.3 is 5.73 Å². The molecule has 0 spiro atoms. The predicted molar refractivity (Wildman–Crippen MR) is 89.1 cm³/mol. The Kier molecular flexibility index (Phi) is 5.14. The van der Waals surface area contributed by atoms with Crippen LogP contribution in [0.25, 0.3) is 0 Å². The Balaban J connectivity index is 2.07. The summed E-state index contributed by atoms with van der Waals surface area (Å²) >= 11 is 0. The van der Waals surface area contributed by atoms with Gasteiger partial charge in [0, 0.05) is 24.7 Å². The zero-order valence-electron chi connectivity index (χ0n) is 13.9. The zero-order chi connectivity index (χ0) is 18.2. The van der Waals surface area contributed by atoms with Gasteiger partial charge >= 0.3 is 0 Å².